The van der Waals surface area contributed by atoms with Crippen molar-refractivity contribution in [2.45, 2.75) is 38.4 Å². The minimum absolute atomic E-state index is 0.00537. The Balaban J connectivity index is 1.16. The highest BCUT2D eigenvalue weighted by Gasteiger charge is 2.26. The van der Waals surface area contributed by atoms with Crippen molar-refractivity contribution in [1.82, 2.24) is 15.2 Å². The van der Waals surface area contributed by atoms with E-state index in [-0.39, 0.29) is 24.3 Å². The molecule has 1 N–H and O–H groups in total. The van der Waals surface area contributed by atoms with E-state index in [1.54, 1.807) is 18.0 Å². The van der Waals surface area contributed by atoms with E-state index in [1.807, 2.05) is 47.5 Å². The number of ether oxygens (including phenoxy) is 1. The molecule has 1 saturated heterocycles. The number of hydrogen-bond donors (Lipinski definition) is 1. The van der Waals surface area contributed by atoms with Gasteiger partial charge in [0, 0.05) is 36.7 Å². The number of piperidine rings is 1. The van der Waals surface area contributed by atoms with Gasteiger partial charge in [-0.15, -0.1) is 11.3 Å². The molecule has 0 saturated carbocycles. The van der Waals surface area contributed by atoms with Crippen molar-refractivity contribution in [3.63, 3.8) is 0 Å². The third kappa shape index (κ3) is 7.11. The zero-order valence-corrected chi connectivity index (χ0v) is 21.8. The summed E-state index contributed by atoms with van der Waals surface area (Å²) >= 11 is 3.24. The average Bonchev–Trinajstić information content (AvgIpc) is 3.57. The molecule has 4 rings (SSSR count). The zero-order chi connectivity index (χ0) is 24.6. The number of rotatable bonds is 10. The molecule has 9 heteroatoms. The number of nitrogens with one attached hydrogen (secondary N) is 1. The number of aryl methyl sites for hydroxylation is 2. The van der Waals surface area contributed by atoms with Crippen LogP contribution < -0.4 is 10.1 Å². The zero-order valence-electron chi connectivity index (χ0n) is 20.1. The second kappa shape index (κ2) is 12.3. The molecular weight excluding hydrogens is 482 g/mol. The number of thioether (sulfide) groups is 1. The second-order valence-corrected chi connectivity index (χ2v) is 10.6. The first-order chi connectivity index (χ1) is 17.0. The number of carbonyl (C=O) groups excluding carboxylic acids is 2. The summed E-state index contributed by atoms with van der Waals surface area (Å²) in [4.78, 5) is 31.5. The minimum atomic E-state index is -0.137. The fourth-order valence-electron chi connectivity index (χ4n) is 3.89. The van der Waals surface area contributed by atoms with Gasteiger partial charge in [0.2, 0.25) is 0 Å². The molecular formula is C26H31N3O4S2. The van der Waals surface area contributed by atoms with Gasteiger partial charge in [-0.2, -0.15) is 11.8 Å². The number of furan rings is 1. The largest absolute Gasteiger partial charge is 0.484 e. The summed E-state index contributed by atoms with van der Waals surface area (Å²) in [6, 6.07) is 9.69. The van der Waals surface area contributed by atoms with Gasteiger partial charge in [0.15, 0.2) is 6.61 Å². The number of benzene rings is 1. The smallest absolute Gasteiger partial charge is 0.270 e. The highest BCUT2D eigenvalue weighted by Crippen LogP contribution is 2.30. The summed E-state index contributed by atoms with van der Waals surface area (Å²) in [6.45, 7) is 6.07. The summed E-state index contributed by atoms with van der Waals surface area (Å²) in [7, 11) is 0. The molecule has 7 nitrogen and oxygen atoms in total. The molecule has 3 heterocycles. The molecule has 186 valence electrons. The Hall–Kier alpha value is -2.78. The molecule has 0 radical (unpaired) electrons. The predicted octanol–water partition coefficient (Wildman–Crippen LogP) is 4.80. The van der Waals surface area contributed by atoms with E-state index >= 15 is 0 Å². The Labute approximate surface area is 214 Å². The van der Waals surface area contributed by atoms with Gasteiger partial charge in [0.05, 0.1) is 17.0 Å². The number of thiazole rings is 1. The SMILES string of the molecule is Cc1ccc(OCC(=O)N2CCC(c3nc(C(=O)NCCSCc4ccco4)cs3)CC2)cc1C. The minimum Gasteiger partial charge on any atom is -0.484 e. The number of carbonyl (C=O) groups is 2. The fourth-order valence-corrected chi connectivity index (χ4v) is 5.62. The molecule has 1 fully saturated rings. The molecule has 1 aliphatic rings. The lowest BCUT2D eigenvalue weighted by Gasteiger charge is -2.31. The molecule has 1 aromatic carbocycles. The Bertz CT molecular complexity index is 1120. The Morgan fingerprint density at radius 3 is 2.80 bits per heavy atom. The highest BCUT2D eigenvalue weighted by atomic mass is 32.2. The maximum atomic E-state index is 12.6. The molecule has 35 heavy (non-hydrogen) atoms. The van der Waals surface area contributed by atoms with Crippen LogP contribution in [0.4, 0.5) is 0 Å². The van der Waals surface area contributed by atoms with Crippen LogP contribution in [0.2, 0.25) is 0 Å². The lowest BCUT2D eigenvalue weighted by molar-refractivity contribution is -0.134. The summed E-state index contributed by atoms with van der Waals surface area (Å²) in [5.41, 5.74) is 2.83. The molecule has 0 bridgehead atoms. The number of amides is 2. The Kier molecular flexibility index (Phi) is 8.87. The Morgan fingerprint density at radius 1 is 1.23 bits per heavy atom. The van der Waals surface area contributed by atoms with Crippen molar-refractivity contribution in [1.29, 1.82) is 0 Å². The third-order valence-corrected chi connectivity index (χ3v) is 8.14. The highest BCUT2D eigenvalue weighted by molar-refractivity contribution is 7.98. The normalized spacial score (nSPS) is 14.2. The number of aromatic nitrogens is 1. The van der Waals surface area contributed by atoms with E-state index in [2.05, 4.69) is 17.2 Å². The van der Waals surface area contributed by atoms with Gasteiger partial charge in [0.25, 0.3) is 11.8 Å². The summed E-state index contributed by atoms with van der Waals surface area (Å²) in [6.07, 6.45) is 3.35. The summed E-state index contributed by atoms with van der Waals surface area (Å²) in [5, 5.41) is 5.74. The average molecular weight is 514 g/mol. The monoisotopic (exact) mass is 513 g/mol. The maximum absolute atomic E-state index is 12.6. The molecule has 2 amide bonds. The van der Waals surface area contributed by atoms with Crippen LogP contribution in [0.3, 0.4) is 0 Å². The third-order valence-electron chi connectivity index (χ3n) is 6.15. The van der Waals surface area contributed by atoms with Crippen LogP contribution in [0.15, 0.2) is 46.4 Å². The standard InChI is InChI=1S/C26H31N3O4S2/c1-18-5-6-21(14-19(18)2)33-15-24(30)29-10-7-20(8-11-29)26-28-23(17-35-26)25(31)27-9-13-34-16-22-4-3-12-32-22/h3-6,12,14,17,20H,7-11,13,15-16H2,1-2H3,(H,27,31). The van der Waals surface area contributed by atoms with Crippen LogP contribution in [0.5, 0.6) is 5.75 Å². The lowest BCUT2D eigenvalue weighted by Crippen LogP contribution is -2.40. The van der Waals surface area contributed by atoms with Crippen molar-refractivity contribution < 1.29 is 18.7 Å². The van der Waals surface area contributed by atoms with Crippen LogP contribution in [0.1, 0.15) is 51.1 Å². The van der Waals surface area contributed by atoms with Gasteiger partial charge in [-0.25, -0.2) is 4.98 Å². The predicted molar refractivity (Wildman–Crippen MR) is 139 cm³/mol. The molecule has 0 spiro atoms. The first kappa shape index (κ1) is 25.3. The van der Waals surface area contributed by atoms with Crippen LogP contribution in [-0.2, 0) is 10.5 Å². The summed E-state index contributed by atoms with van der Waals surface area (Å²) in [5.74, 6) is 3.41. The Morgan fingerprint density at radius 2 is 2.06 bits per heavy atom. The van der Waals surface area contributed by atoms with E-state index in [0.29, 0.717) is 25.3 Å². The van der Waals surface area contributed by atoms with Gasteiger partial charge >= 0.3 is 0 Å². The van der Waals surface area contributed by atoms with Crippen LogP contribution in [0.25, 0.3) is 0 Å². The molecule has 1 aliphatic heterocycles. The first-order valence-electron chi connectivity index (χ1n) is 11.8. The van der Waals surface area contributed by atoms with Crippen LogP contribution in [0, 0.1) is 13.8 Å². The van der Waals surface area contributed by atoms with E-state index in [4.69, 9.17) is 9.15 Å². The van der Waals surface area contributed by atoms with Crippen LogP contribution in [-0.4, -0.2) is 53.7 Å². The van der Waals surface area contributed by atoms with Gasteiger partial charge < -0.3 is 19.4 Å². The van der Waals surface area contributed by atoms with Gasteiger partial charge in [0.1, 0.15) is 17.2 Å². The molecule has 0 aliphatic carbocycles. The lowest BCUT2D eigenvalue weighted by atomic mass is 9.97. The van der Waals surface area contributed by atoms with Gasteiger partial charge in [-0.1, -0.05) is 6.07 Å². The van der Waals surface area contributed by atoms with Crippen molar-refractivity contribution in [2.75, 3.05) is 32.0 Å². The van der Waals surface area contributed by atoms with E-state index < -0.39 is 0 Å². The van der Waals surface area contributed by atoms with Crippen molar-refractivity contribution >= 4 is 34.9 Å². The molecule has 2 aromatic heterocycles. The second-order valence-electron chi connectivity index (χ2n) is 8.65. The number of hydrogen-bond acceptors (Lipinski definition) is 7. The number of nitrogens with zero attached hydrogens (tertiary/aromatic N) is 2. The molecule has 0 unspecified atom stereocenters. The van der Waals surface area contributed by atoms with E-state index in [1.165, 1.54) is 16.9 Å². The molecule has 0 atom stereocenters. The van der Waals surface area contributed by atoms with E-state index in [0.717, 1.165) is 46.4 Å². The maximum Gasteiger partial charge on any atom is 0.270 e. The van der Waals surface area contributed by atoms with Crippen molar-refractivity contribution in [3.8, 4) is 5.75 Å². The summed E-state index contributed by atoms with van der Waals surface area (Å²) < 4.78 is 11.0. The van der Waals surface area contributed by atoms with Crippen molar-refractivity contribution in [2.24, 2.45) is 0 Å². The van der Waals surface area contributed by atoms with Crippen LogP contribution >= 0.6 is 23.1 Å². The first-order valence-corrected chi connectivity index (χ1v) is 13.8. The van der Waals surface area contributed by atoms with E-state index in [9.17, 15) is 9.59 Å². The van der Waals surface area contributed by atoms with Gasteiger partial charge in [-0.05, 0) is 62.1 Å². The quantitative estimate of drug-likeness (QED) is 0.392. The number of likely N-dealkylation sites (tertiary alicyclic amines) is 1. The fraction of sp³-hybridized carbons (Fsp3) is 0.423. The van der Waals surface area contributed by atoms with Crippen molar-refractivity contribution in [3.05, 3.63) is 69.6 Å². The molecule has 3 aromatic rings. The topological polar surface area (TPSA) is 84.7 Å². The van der Waals surface area contributed by atoms with Gasteiger partial charge in [-0.3, -0.25) is 9.59 Å².